The normalized spacial score (nSPS) is 10.3. The van der Waals surface area contributed by atoms with E-state index in [-0.39, 0.29) is 6.03 Å². The van der Waals surface area contributed by atoms with Gasteiger partial charge in [-0.3, -0.25) is 0 Å². The number of halogens is 1. The molecule has 0 aliphatic carbocycles. The Morgan fingerprint density at radius 3 is 2.58 bits per heavy atom. The number of anilines is 1. The summed E-state index contributed by atoms with van der Waals surface area (Å²) in [7, 11) is 1.61. The molecule has 6 heteroatoms. The van der Waals surface area contributed by atoms with Crippen molar-refractivity contribution in [1.29, 1.82) is 0 Å². The molecule has 0 bridgehead atoms. The van der Waals surface area contributed by atoms with E-state index in [0.29, 0.717) is 36.2 Å². The van der Waals surface area contributed by atoms with Gasteiger partial charge in [0.05, 0.1) is 12.3 Å². The van der Waals surface area contributed by atoms with E-state index >= 15 is 0 Å². The standard InChI is InChI=1S/C18H21ClN2O3/c1-13-3-8-16(17(11-13)24-10-9-23-2)21-18(22)20-12-14-4-6-15(19)7-5-14/h3-8,11H,9-10,12H2,1-2H3,(H2,20,21,22). The van der Waals surface area contributed by atoms with Crippen molar-refractivity contribution < 1.29 is 14.3 Å². The highest BCUT2D eigenvalue weighted by atomic mass is 35.5. The molecule has 0 heterocycles. The zero-order chi connectivity index (χ0) is 17.4. The van der Waals surface area contributed by atoms with Crippen LogP contribution in [0, 0.1) is 6.92 Å². The molecule has 0 saturated heterocycles. The molecule has 0 radical (unpaired) electrons. The number of amides is 2. The quantitative estimate of drug-likeness (QED) is 0.744. The van der Waals surface area contributed by atoms with E-state index in [9.17, 15) is 4.79 Å². The van der Waals surface area contributed by atoms with Crippen LogP contribution in [0.25, 0.3) is 0 Å². The number of hydrogen-bond acceptors (Lipinski definition) is 3. The molecule has 0 spiro atoms. The van der Waals surface area contributed by atoms with Gasteiger partial charge >= 0.3 is 6.03 Å². The van der Waals surface area contributed by atoms with Crippen LogP contribution in [0.1, 0.15) is 11.1 Å². The van der Waals surface area contributed by atoms with E-state index in [4.69, 9.17) is 21.1 Å². The molecular formula is C18H21ClN2O3. The fraction of sp³-hybridized carbons (Fsp3) is 0.278. The summed E-state index contributed by atoms with van der Waals surface area (Å²) in [6, 6.07) is 12.6. The van der Waals surface area contributed by atoms with E-state index in [0.717, 1.165) is 11.1 Å². The Balaban J connectivity index is 1.93. The van der Waals surface area contributed by atoms with Gasteiger partial charge in [0.25, 0.3) is 0 Å². The molecule has 0 fully saturated rings. The van der Waals surface area contributed by atoms with Crippen LogP contribution < -0.4 is 15.4 Å². The second-order valence-electron chi connectivity index (χ2n) is 5.28. The van der Waals surface area contributed by atoms with Gasteiger partial charge in [-0.1, -0.05) is 29.8 Å². The summed E-state index contributed by atoms with van der Waals surface area (Å²) in [6.45, 7) is 3.28. The van der Waals surface area contributed by atoms with Crippen LogP contribution in [0.2, 0.25) is 5.02 Å². The first kappa shape index (κ1) is 18.1. The number of ether oxygens (including phenoxy) is 2. The summed E-state index contributed by atoms with van der Waals surface area (Å²) in [4.78, 5) is 12.1. The Kier molecular flexibility index (Phi) is 6.90. The molecule has 0 saturated carbocycles. The summed E-state index contributed by atoms with van der Waals surface area (Å²) in [5, 5.41) is 6.27. The average molecular weight is 349 g/mol. The van der Waals surface area contributed by atoms with Gasteiger partial charge in [-0.25, -0.2) is 4.79 Å². The second kappa shape index (κ2) is 9.15. The van der Waals surface area contributed by atoms with E-state index in [1.165, 1.54) is 0 Å². The summed E-state index contributed by atoms with van der Waals surface area (Å²) in [6.07, 6.45) is 0. The minimum absolute atomic E-state index is 0.301. The Hall–Kier alpha value is -2.24. The van der Waals surface area contributed by atoms with Gasteiger partial charge in [-0.05, 0) is 42.3 Å². The minimum Gasteiger partial charge on any atom is -0.489 e. The van der Waals surface area contributed by atoms with Gasteiger partial charge < -0.3 is 20.1 Å². The van der Waals surface area contributed by atoms with Crippen molar-refractivity contribution in [3.63, 3.8) is 0 Å². The second-order valence-corrected chi connectivity index (χ2v) is 5.71. The van der Waals surface area contributed by atoms with Crippen molar-refractivity contribution in [2.45, 2.75) is 13.5 Å². The molecule has 0 aliphatic rings. The maximum Gasteiger partial charge on any atom is 0.319 e. The lowest BCUT2D eigenvalue weighted by molar-refractivity contribution is 0.146. The summed E-state index contributed by atoms with van der Waals surface area (Å²) < 4.78 is 10.6. The number of urea groups is 1. The number of benzene rings is 2. The van der Waals surface area contributed by atoms with E-state index in [2.05, 4.69) is 10.6 Å². The molecule has 2 aromatic rings. The molecule has 2 N–H and O–H groups in total. The van der Waals surface area contributed by atoms with Crippen LogP contribution in [0.5, 0.6) is 5.75 Å². The first-order valence-corrected chi connectivity index (χ1v) is 7.98. The monoisotopic (exact) mass is 348 g/mol. The molecule has 0 aromatic heterocycles. The van der Waals surface area contributed by atoms with Gasteiger partial charge in [0, 0.05) is 18.7 Å². The van der Waals surface area contributed by atoms with Crippen molar-refractivity contribution >= 4 is 23.3 Å². The summed E-state index contributed by atoms with van der Waals surface area (Å²) in [5.41, 5.74) is 2.63. The van der Waals surface area contributed by atoms with Crippen molar-refractivity contribution in [2.75, 3.05) is 25.6 Å². The number of carbonyl (C=O) groups is 1. The van der Waals surface area contributed by atoms with Gasteiger partial charge in [-0.15, -0.1) is 0 Å². The Morgan fingerprint density at radius 1 is 1.12 bits per heavy atom. The molecule has 128 valence electrons. The third-order valence-corrected chi connectivity index (χ3v) is 3.55. The largest absolute Gasteiger partial charge is 0.489 e. The summed E-state index contributed by atoms with van der Waals surface area (Å²) in [5.74, 6) is 0.619. The average Bonchev–Trinajstić information content (AvgIpc) is 2.57. The lowest BCUT2D eigenvalue weighted by atomic mass is 10.2. The highest BCUT2D eigenvalue weighted by Crippen LogP contribution is 2.25. The number of nitrogens with one attached hydrogen (secondary N) is 2. The highest BCUT2D eigenvalue weighted by molar-refractivity contribution is 6.30. The van der Waals surface area contributed by atoms with Crippen LogP contribution >= 0.6 is 11.6 Å². The van der Waals surface area contributed by atoms with Gasteiger partial charge in [0.2, 0.25) is 0 Å². The number of hydrogen-bond donors (Lipinski definition) is 2. The van der Waals surface area contributed by atoms with E-state index < -0.39 is 0 Å². The fourth-order valence-corrected chi connectivity index (χ4v) is 2.16. The zero-order valence-electron chi connectivity index (χ0n) is 13.8. The Bertz CT molecular complexity index is 674. The maximum atomic E-state index is 12.1. The molecule has 24 heavy (non-hydrogen) atoms. The smallest absolute Gasteiger partial charge is 0.319 e. The van der Waals surface area contributed by atoms with Crippen LogP contribution in [0.4, 0.5) is 10.5 Å². The third-order valence-electron chi connectivity index (χ3n) is 3.30. The van der Waals surface area contributed by atoms with Crippen molar-refractivity contribution in [1.82, 2.24) is 5.32 Å². The van der Waals surface area contributed by atoms with Crippen molar-refractivity contribution in [2.24, 2.45) is 0 Å². The molecule has 0 aliphatic heterocycles. The topological polar surface area (TPSA) is 59.6 Å². The zero-order valence-corrected chi connectivity index (χ0v) is 14.5. The number of aryl methyl sites for hydroxylation is 1. The first-order chi connectivity index (χ1) is 11.6. The van der Waals surface area contributed by atoms with Gasteiger partial charge in [0.15, 0.2) is 0 Å². The molecule has 2 rings (SSSR count). The molecule has 2 aromatic carbocycles. The fourth-order valence-electron chi connectivity index (χ4n) is 2.04. The molecular weight excluding hydrogens is 328 g/mol. The van der Waals surface area contributed by atoms with Gasteiger partial charge in [0.1, 0.15) is 12.4 Å². The van der Waals surface area contributed by atoms with Crippen molar-refractivity contribution in [3.05, 3.63) is 58.6 Å². The molecule has 5 nitrogen and oxygen atoms in total. The lowest BCUT2D eigenvalue weighted by Gasteiger charge is -2.14. The van der Waals surface area contributed by atoms with Crippen LogP contribution in [-0.2, 0) is 11.3 Å². The predicted molar refractivity (Wildman–Crippen MR) is 95.9 cm³/mol. The number of rotatable bonds is 7. The Morgan fingerprint density at radius 2 is 1.88 bits per heavy atom. The first-order valence-electron chi connectivity index (χ1n) is 7.60. The van der Waals surface area contributed by atoms with Crippen LogP contribution in [0.15, 0.2) is 42.5 Å². The van der Waals surface area contributed by atoms with E-state index in [1.807, 2.05) is 37.3 Å². The third kappa shape index (κ3) is 5.76. The van der Waals surface area contributed by atoms with Crippen molar-refractivity contribution in [3.8, 4) is 5.75 Å². The van der Waals surface area contributed by atoms with Crippen LogP contribution in [-0.4, -0.2) is 26.4 Å². The SMILES string of the molecule is COCCOc1cc(C)ccc1NC(=O)NCc1ccc(Cl)cc1. The number of methoxy groups -OCH3 is 1. The van der Waals surface area contributed by atoms with Crippen LogP contribution in [0.3, 0.4) is 0 Å². The number of carbonyl (C=O) groups excluding carboxylic acids is 1. The molecule has 0 atom stereocenters. The molecule has 0 unspecified atom stereocenters. The lowest BCUT2D eigenvalue weighted by Crippen LogP contribution is -2.28. The highest BCUT2D eigenvalue weighted by Gasteiger charge is 2.08. The Labute approximate surface area is 146 Å². The van der Waals surface area contributed by atoms with Gasteiger partial charge in [-0.2, -0.15) is 0 Å². The molecule has 2 amide bonds. The maximum absolute atomic E-state index is 12.1. The van der Waals surface area contributed by atoms with E-state index in [1.54, 1.807) is 19.2 Å². The predicted octanol–water partition coefficient (Wildman–Crippen LogP) is 4.00. The minimum atomic E-state index is -0.301. The summed E-state index contributed by atoms with van der Waals surface area (Å²) >= 11 is 5.84.